The third kappa shape index (κ3) is 5.51. The lowest BCUT2D eigenvalue weighted by Crippen LogP contribution is -2.52. The summed E-state index contributed by atoms with van der Waals surface area (Å²) in [5, 5.41) is 14.5. The second-order valence-electron chi connectivity index (χ2n) is 8.44. The highest BCUT2D eigenvalue weighted by Crippen LogP contribution is 2.32. The van der Waals surface area contributed by atoms with Crippen molar-refractivity contribution in [3.8, 4) is 0 Å². The fourth-order valence-electron chi connectivity index (χ4n) is 3.51. The maximum atomic E-state index is 12.9. The Morgan fingerprint density at radius 3 is 2.63 bits per heavy atom. The number of ether oxygens (including phenoxy) is 1. The first-order valence-corrected chi connectivity index (χ1v) is 10.7. The molecule has 1 saturated heterocycles. The molecular formula is C20H25F3IN3O3. The van der Waals surface area contributed by atoms with E-state index < -0.39 is 30.5 Å². The number of aliphatic hydroxyl groups is 1. The van der Waals surface area contributed by atoms with E-state index in [1.807, 2.05) is 22.6 Å². The number of piperidine rings is 1. The molecule has 0 bridgehead atoms. The topological polar surface area (TPSA) is 66.7 Å². The summed E-state index contributed by atoms with van der Waals surface area (Å²) in [6.07, 6.45) is -5.14. The minimum Gasteiger partial charge on any atom is -0.444 e. The van der Waals surface area contributed by atoms with Gasteiger partial charge < -0.3 is 24.6 Å². The van der Waals surface area contributed by atoms with Crippen LogP contribution in [-0.2, 0) is 11.3 Å². The molecular weight excluding hydrogens is 514 g/mol. The average molecular weight is 539 g/mol. The number of benzene rings is 1. The van der Waals surface area contributed by atoms with E-state index in [1.165, 1.54) is 9.47 Å². The summed E-state index contributed by atoms with van der Waals surface area (Å²) >= 11 is 1.89. The number of carbonyl (C=O) groups is 1. The van der Waals surface area contributed by atoms with Crippen molar-refractivity contribution in [2.45, 2.75) is 57.7 Å². The molecule has 2 aromatic rings. The fraction of sp³-hybridized carbons (Fsp3) is 0.550. The summed E-state index contributed by atoms with van der Waals surface area (Å²) in [5.41, 5.74) is 0.511. The van der Waals surface area contributed by atoms with E-state index in [0.717, 1.165) is 0 Å². The van der Waals surface area contributed by atoms with Gasteiger partial charge in [0.2, 0.25) is 0 Å². The number of nitrogens with one attached hydrogen (secondary N) is 1. The number of aliphatic hydroxyl groups excluding tert-OH is 1. The molecule has 1 aromatic heterocycles. The molecule has 0 saturated carbocycles. The number of nitrogens with zero attached hydrogens (tertiary/aromatic N) is 2. The Morgan fingerprint density at radius 1 is 1.33 bits per heavy atom. The summed E-state index contributed by atoms with van der Waals surface area (Å²) in [4.78, 5) is 13.7. The number of likely N-dealkylation sites (tertiary alicyclic amines) is 1. The number of halogens is 4. The highest BCUT2D eigenvalue weighted by Gasteiger charge is 2.33. The summed E-state index contributed by atoms with van der Waals surface area (Å²) in [7, 11) is 0. The van der Waals surface area contributed by atoms with Crippen LogP contribution >= 0.6 is 22.6 Å². The molecule has 0 aliphatic carbocycles. The number of carbonyl (C=O) groups excluding carboxylic acids is 1. The van der Waals surface area contributed by atoms with E-state index in [-0.39, 0.29) is 12.6 Å². The number of hydrogen-bond acceptors (Lipinski definition) is 4. The monoisotopic (exact) mass is 539 g/mol. The Kier molecular flexibility index (Phi) is 6.47. The van der Waals surface area contributed by atoms with Gasteiger partial charge in [0, 0.05) is 17.6 Å². The summed E-state index contributed by atoms with van der Waals surface area (Å²) < 4.78 is 45.9. The largest absolute Gasteiger partial charge is 0.444 e. The summed E-state index contributed by atoms with van der Waals surface area (Å²) in [5.74, 6) is 0. The van der Waals surface area contributed by atoms with Crippen molar-refractivity contribution in [3.63, 3.8) is 0 Å². The van der Waals surface area contributed by atoms with E-state index in [4.69, 9.17) is 4.74 Å². The van der Waals surface area contributed by atoms with Gasteiger partial charge in [-0.3, -0.25) is 0 Å². The summed E-state index contributed by atoms with van der Waals surface area (Å²) in [6.45, 7) is 4.81. The van der Waals surface area contributed by atoms with Crippen molar-refractivity contribution in [3.05, 3.63) is 28.0 Å². The first kappa shape index (κ1) is 23.0. The van der Waals surface area contributed by atoms with Crippen molar-refractivity contribution in [1.82, 2.24) is 9.47 Å². The minimum atomic E-state index is -4.32. The van der Waals surface area contributed by atoms with Crippen LogP contribution in [-0.4, -0.2) is 57.7 Å². The molecule has 1 aliphatic rings. The van der Waals surface area contributed by atoms with Gasteiger partial charge in [-0.1, -0.05) is 6.07 Å². The molecule has 1 aromatic carbocycles. The van der Waals surface area contributed by atoms with Crippen LogP contribution in [0.4, 0.5) is 23.7 Å². The first-order chi connectivity index (χ1) is 13.8. The van der Waals surface area contributed by atoms with Crippen LogP contribution in [0.2, 0.25) is 0 Å². The Bertz CT molecular complexity index is 924. The number of β-amino-alcohol motifs (C(OH)–C–C–N with tert-alkyl or cyclic N) is 1. The van der Waals surface area contributed by atoms with E-state index in [1.54, 1.807) is 45.0 Å². The number of alkyl halides is 3. The SMILES string of the molecule is CC(C)(C)OC(=O)N1CC[C@H](Nc2cccc3c2cc(I)n3CC(F)(F)F)[C@@H](O)C1. The van der Waals surface area contributed by atoms with Crippen molar-refractivity contribution < 1.29 is 27.8 Å². The van der Waals surface area contributed by atoms with Crippen LogP contribution in [0.3, 0.4) is 0 Å². The van der Waals surface area contributed by atoms with Crippen LogP contribution in [0.5, 0.6) is 0 Å². The number of hydrogen-bond donors (Lipinski definition) is 2. The molecule has 0 unspecified atom stereocenters. The predicted octanol–water partition coefficient (Wildman–Crippen LogP) is 4.59. The molecule has 0 spiro atoms. The second-order valence-corrected chi connectivity index (χ2v) is 9.55. The normalized spacial score (nSPS) is 20.5. The lowest BCUT2D eigenvalue weighted by atomic mass is 10.0. The highest BCUT2D eigenvalue weighted by molar-refractivity contribution is 14.1. The second kappa shape index (κ2) is 8.45. The number of fused-ring (bicyclic) bond motifs is 1. The smallest absolute Gasteiger partial charge is 0.410 e. The van der Waals surface area contributed by atoms with Gasteiger partial charge in [0.1, 0.15) is 12.1 Å². The van der Waals surface area contributed by atoms with Crippen molar-refractivity contribution in [2.75, 3.05) is 18.4 Å². The van der Waals surface area contributed by atoms with Gasteiger partial charge in [0.25, 0.3) is 0 Å². The standard InChI is InChI=1S/C20H25F3IN3O3/c1-19(2,3)30-18(29)26-8-7-14(16(28)10-26)25-13-5-4-6-15-12(13)9-17(24)27(15)11-20(21,22)23/h4-6,9,14,16,25,28H,7-8,10-11H2,1-3H3/t14-,16-/m0/s1. The Morgan fingerprint density at radius 2 is 2.03 bits per heavy atom. The molecule has 0 radical (unpaired) electrons. The van der Waals surface area contributed by atoms with E-state index in [2.05, 4.69) is 5.32 Å². The Labute approximate surface area is 186 Å². The molecule has 10 heteroatoms. The van der Waals surface area contributed by atoms with Crippen LogP contribution in [0.15, 0.2) is 24.3 Å². The Balaban J connectivity index is 1.74. The van der Waals surface area contributed by atoms with E-state index >= 15 is 0 Å². The lowest BCUT2D eigenvalue weighted by molar-refractivity contribution is -0.140. The minimum absolute atomic E-state index is 0.120. The lowest BCUT2D eigenvalue weighted by Gasteiger charge is -2.37. The van der Waals surface area contributed by atoms with Crippen molar-refractivity contribution in [2.24, 2.45) is 0 Å². The summed E-state index contributed by atoms with van der Waals surface area (Å²) in [6, 6.07) is 6.49. The third-order valence-electron chi connectivity index (χ3n) is 4.81. The molecule has 1 aliphatic heterocycles. The number of rotatable bonds is 3. The molecule has 3 rings (SSSR count). The third-order valence-corrected chi connectivity index (χ3v) is 5.70. The fourth-order valence-corrected chi connectivity index (χ4v) is 4.25. The van der Waals surface area contributed by atoms with Gasteiger partial charge in [0.05, 0.1) is 27.9 Å². The first-order valence-electron chi connectivity index (χ1n) is 9.61. The zero-order valence-electron chi connectivity index (χ0n) is 17.0. The molecule has 2 atom stereocenters. The zero-order valence-corrected chi connectivity index (χ0v) is 19.1. The molecule has 166 valence electrons. The van der Waals surface area contributed by atoms with Gasteiger partial charge >= 0.3 is 12.3 Å². The van der Waals surface area contributed by atoms with Crippen LogP contribution in [0, 0.1) is 3.70 Å². The molecule has 30 heavy (non-hydrogen) atoms. The van der Waals surface area contributed by atoms with Gasteiger partial charge in [-0.05, 0) is 68.0 Å². The van der Waals surface area contributed by atoms with Gasteiger partial charge in [-0.2, -0.15) is 13.2 Å². The van der Waals surface area contributed by atoms with Crippen molar-refractivity contribution in [1.29, 1.82) is 0 Å². The molecule has 1 amide bonds. The quantitative estimate of drug-likeness (QED) is 0.561. The van der Waals surface area contributed by atoms with Crippen LogP contribution < -0.4 is 5.32 Å². The molecule has 2 heterocycles. The average Bonchev–Trinajstić information content (AvgIpc) is 2.90. The highest BCUT2D eigenvalue weighted by atomic mass is 127. The van der Waals surface area contributed by atoms with Gasteiger partial charge in [-0.15, -0.1) is 0 Å². The molecule has 1 fully saturated rings. The maximum absolute atomic E-state index is 12.9. The van der Waals surface area contributed by atoms with Crippen molar-refractivity contribution >= 4 is 45.3 Å². The number of amides is 1. The van der Waals surface area contributed by atoms with Crippen LogP contribution in [0.1, 0.15) is 27.2 Å². The zero-order chi connectivity index (χ0) is 22.3. The molecule has 2 N–H and O–H groups in total. The van der Waals surface area contributed by atoms with Gasteiger partial charge in [-0.25, -0.2) is 4.79 Å². The molecule has 6 nitrogen and oxygen atoms in total. The number of aromatic nitrogens is 1. The Hall–Kier alpha value is -1.69. The van der Waals surface area contributed by atoms with Gasteiger partial charge in [0.15, 0.2) is 0 Å². The maximum Gasteiger partial charge on any atom is 0.410 e. The van der Waals surface area contributed by atoms with E-state index in [9.17, 15) is 23.1 Å². The van der Waals surface area contributed by atoms with Crippen LogP contribution in [0.25, 0.3) is 10.9 Å². The predicted molar refractivity (Wildman–Crippen MR) is 117 cm³/mol. The number of anilines is 1. The van der Waals surface area contributed by atoms with E-state index in [0.29, 0.717) is 33.3 Å².